The second kappa shape index (κ2) is 9.45. The lowest BCUT2D eigenvalue weighted by Crippen LogP contribution is -2.29. The van der Waals surface area contributed by atoms with Crippen LogP contribution in [0.25, 0.3) is 6.08 Å². The topological polar surface area (TPSA) is 98.5 Å². The largest absolute Gasteiger partial charge is 0.449 e. The first-order valence-corrected chi connectivity index (χ1v) is 8.80. The molecule has 2 aromatic carbocycles. The summed E-state index contributed by atoms with van der Waals surface area (Å²) in [4.78, 5) is 34.2. The first-order valence-electron chi connectivity index (χ1n) is 8.80. The van der Waals surface area contributed by atoms with Crippen LogP contribution in [-0.4, -0.2) is 22.9 Å². The number of nitrogens with zero attached hydrogens (tertiary/aromatic N) is 1. The summed E-state index contributed by atoms with van der Waals surface area (Å²) in [5.41, 5.74) is 2.35. The van der Waals surface area contributed by atoms with E-state index in [0.29, 0.717) is 17.2 Å². The van der Waals surface area contributed by atoms with Crippen molar-refractivity contribution in [2.24, 2.45) is 0 Å². The summed E-state index contributed by atoms with van der Waals surface area (Å²) in [5, 5.41) is 13.3. The summed E-state index contributed by atoms with van der Waals surface area (Å²) in [7, 11) is 0. The van der Waals surface area contributed by atoms with E-state index in [1.54, 1.807) is 12.1 Å². The Hall–Kier alpha value is -3.48. The van der Waals surface area contributed by atoms with Crippen LogP contribution < -0.4 is 5.32 Å². The Labute approximate surface area is 163 Å². The van der Waals surface area contributed by atoms with E-state index in [1.807, 2.05) is 12.1 Å². The molecular weight excluding hydrogens is 360 g/mol. The molecule has 0 heterocycles. The number of benzene rings is 2. The fourth-order valence-electron chi connectivity index (χ4n) is 2.33. The zero-order valence-corrected chi connectivity index (χ0v) is 15.9. The van der Waals surface area contributed by atoms with Gasteiger partial charge in [-0.25, -0.2) is 4.79 Å². The number of rotatable bonds is 7. The zero-order valence-electron chi connectivity index (χ0n) is 15.9. The third-order valence-electron chi connectivity index (χ3n) is 4.02. The van der Waals surface area contributed by atoms with Crippen LogP contribution in [0.15, 0.2) is 54.6 Å². The number of non-ortho nitro benzene ring substituents is 1. The number of nitro benzene ring substituents is 1. The van der Waals surface area contributed by atoms with Gasteiger partial charge in [-0.15, -0.1) is 0 Å². The molecule has 28 heavy (non-hydrogen) atoms. The smallest absolute Gasteiger partial charge is 0.331 e. The van der Waals surface area contributed by atoms with E-state index in [1.165, 1.54) is 43.3 Å². The van der Waals surface area contributed by atoms with Gasteiger partial charge in [-0.3, -0.25) is 14.9 Å². The lowest BCUT2D eigenvalue weighted by molar-refractivity contribution is -0.384. The van der Waals surface area contributed by atoms with Crippen molar-refractivity contribution in [3.05, 3.63) is 75.8 Å². The molecular formula is C21H22N2O5. The fourth-order valence-corrected chi connectivity index (χ4v) is 2.33. The highest BCUT2D eigenvalue weighted by Gasteiger charge is 2.16. The number of nitrogens with one attached hydrogen (secondary N) is 1. The number of hydrogen-bond acceptors (Lipinski definition) is 5. The Balaban J connectivity index is 1.88. The van der Waals surface area contributed by atoms with Gasteiger partial charge in [0, 0.05) is 23.9 Å². The molecule has 0 aliphatic heterocycles. The molecule has 2 rings (SSSR count). The number of ether oxygens (including phenoxy) is 1. The third kappa shape index (κ3) is 6.05. The molecule has 1 N–H and O–H groups in total. The van der Waals surface area contributed by atoms with Crippen molar-refractivity contribution in [1.29, 1.82) is 0 Å². The van der Waals surface area contributed by atoms with Crippen molar-refractivity contribution in [3.63, 3.8) is 0 Å². The molecule has 0 unspecified atom stereocenters. The summed E-state index contributed by atoms with van der Waals surface area (Å²) < 4.78 is 5.08. The van der Waals surface area contributed by atoms with E-state index in [0.717, 1.165) is 5.56 Å². The van der Waals surface area contributed by atoms with Crippen LogP contribution in [0.4, 0.5) is 11.4 Å². The highest BCUT2D eigenvalue weighted by atomic mass is 16.6. The molecule has 1 atom stereocenters. The summed E-state index contributed by atoms with van der Waals surface area (Å²) >= 11 is 0. The summed E-state index contributed by atoms with van der Waals surface area (Å²) in [6.07, 6.45) is 1.66. The normalized spacial score (nSPS) is 12.0. The second-order valence-electron chi connectivity index (χ2n) is 6.53. The van der Waals surface area contributed by atoms with Gasteiger partial charge in [-0.1, -0.05) is 26.0 Å². The zero-order chi connectivity index (χ0) is 20.7. The van der Waals surface area contributed by atoms with Crippen molar-refractivity contribution in [2.75, 3.05) is 5.32 Å². The highest BCUT2D eigenvalue weighted by molar-refractivity contribution is 5.96. The molecule has 7 heteroatoms. The van der Waals surface area contributed by atoms with E-state index in [2.05, 4.69) is 19.2 Å². The Morgan fingerprint density at radius 2 is 1.64 bits per heavy atom. The number of nitro groups is 1. The number of esters is 1. The lowest BCUT2D eigenvalue weighted by Gasteiger charge is -2.13. The Bertz CT molecular complexity index is 871. The van der Waals surface area contributed by atoms with Crippen LogP contribution in [0.5, 0.6) is 0 Å². The van der Waals surface area contributed by atoms with Crippen LogP contribution in [0.1, 0.15) is 37.8 Å². The van der Waals surface area contributed by atoms with E-state index in [4.69, 9.17) is 4.74 Å². The van der Waals surface area contributed by atoms with Crippen LogP contribution >= 0.6 is 0 Å². The van der Waals surface area contributed by atoms with Crippen molar-refractivity contribution >= 4 is 29.3 Å². The van der Waals surface area contributed by atoms with E-state index < -0.39 is 22.9 Å². The molecule has 0 aliphatic rings. The van der Waals surface area contributed by atoms with Crippen LogP contribution in [-0.2, 0) is 14.3 Å². The molecule has 0 spiro atoms. The lowest BCUT2D eigenvalue weighted by atomic mass is 10.0. The van der Waals surface area contributed by atoms with Gasteiger partial charge in [0.1, 0.15) is 0 Å². The van der Waals surface area contributed by atoms with Crippen LogP contribution in [0.3, 0.4) is 0 Å². The molecule has 146 valence electrons. The second-order valence-corrected chi connectivity index (χ2v) is 6.53. The van der Waals surface area contributed by atoms with Gasteiger partial charge < -0.3 is 10.1 Å². The molecule has 7 nitrogen and oxygen atoms in total. The molecule has 2 aromatic rings. The van der Waals surface area contributed by atoms with Crippen molar-refractivity contribution < 1.29 is 19.2 Å². The maximum Gasteiger partial charge on any atom is 0.331 e. The fraction of sp³-hybridized carbons (Fsp3) is 0.238. The summed E-state index contributed by atoms with van der Waals surface area (Å²) in [6.45, 7) is 5.65. The maximum atomic E-state index is 12.2. The van der Waals surface area contributed by atoms with E-state index >= 15 is 0 Å². The van der Waals surface area contributed by atoms with Gasteiger partial charge in [-0.05, 0) is 54.3 Å². The molecule has 0 aromatic heterocycles. The predicted octanol–water partition coefficient (Wildman–Crippen LogP) is 4.30. The molecule has 1 amide bonds. The molecule has 0 radical (unpaired) electrons. The number of carbonyl (C=O) groups excluding carboxylic acids is 2. The molecule has 0 fully saturated rings. The summed E-state index contributed by atoms with van der Waals surface area (Å²) in [5.74, 6) is -0.724. The predicted molar refractivity (Wildman–Crippen MR) is 107 cm³/mol. The minimum absolute atomic E-state index is 0.0357. The standard InChI is InChI=1S/C21H22N2O5/c1-14(2)17-7-9-18(10-8-17)22-21(25)15(3)28-20(24)13-6-16-4-11-19(12-5-16)23(26)27/h4-15H,1-3H3,(H,22,25)/b13-6+/t15-/m0/s1. The number of carbonyl (C=O) groups is 2. The average Bonchev–Trinajstić information content (AvgIpc) is 2.67. The summed E-state index contributed by atoms with van der Waals surface area (Å²) in [6, 6.07) is 13.2. The van der Waals surface area contributed by atoms with Crippen LogP contribution in [0.2, 0.25) is 0 Å². The Morgan fingerprint density at radius 1 is 1.04 bits per heavy atom. The van der Waals surface area contributed by atoms with Crippen molar-refractivity contribution in [1.82, 2.24) is 0 Å². The quantitative estimate of drug-likeness (QED) is 0.333. The average molecular weight is 382 g/mol. The van der Waals surface area contributed by atoms with Crippen LogP contribution in [0, 0.1) is 10.1 Å². The highest BCUT2D eigenvalue weighted by Crippen LogP contribution is 2.17. The number of hydrogen-bond donors (Lipinski definition) is 1. The molecule has 0 aliphatic carbocycles. The number of amides is 1. The SMILES string of the molecule is CC(C)c1ccc(NC(=O)[C@H](C)OC(=O)/C=C/c2ccc([N+](=O)[O-])cc2)cc1. The van der Waals surface area contributed by atoms with Crippen molar-refractivity contribution in [3.8, 4) is 0 Å². The molecule has 0 saturated carbocycles. The third-order valence-corrected chi connectivity index (χ3v) is 4.02. The van der Waals surface area contributed by atoms with Gasteiger partial charge in [0.25, 0.3) is 11.6 Å². The molecule has 0 saturated heterocycles. The first-order chi connectivity index (χ1) is 13.3. The monoisotopic (exact) mass is 382 g/mol. The van der Waals surface area contributed by atoms with Gasteiger partial charge in [-0.2, -0.15) is 0 Å². The minimum atomic E-state index is -0.973. The Kier molecular flexibility index (Phi) is 7.03. The van der Waals surface area contributed by atoms with Gasteiger partial charge in [0.05, 0.1) is 4.92 Å². The number of anilines is 1. The van der Waals surface area contributed by atoms with Gasteiger partial charge in [0.2, 0.25) is 0 Å². The molecule has 0 bridgehead atoms. The van der Waals surface area contributed by atoms with E-state index in [9.17, 15) is 19.7 Å². The van der Waals surface area contributed by atoms with E-state index in [-0.39, 0.29) is 5.69 Å². The maximum absolute atomic E-state index is 12.2. The Morgan fingerprint density at radius 3 is 2.18 bits per heavy atom. The van der Waals surface area contributed by atoms with Gasteiger partial charge in [0.15, 0.2) is 6.10 Å². The van der Waals surface area contributed by atoms with Gasteiger partial charge >= 0.3 is 5.97 Å². The van der Waals surface area contributed by atoms with Crippen molar-refractivity contribution in [2.45, 2.75) is 32.8 Å². The first kappa shape index (κ1) is 20.8. The minimum Gasteiger partial charge on any atom is -0.449 e.